The van der Waals surface area contributed by atoms with Crippen LogP contribution in [0.15, 0.2) is 84.0 Å². The average molecular weight is 373 g/mol. The summed E-state index contributed by atoms with van der Waals surface area (Å²) in [5.41, 5.74) is 4.46. The molecule has 0 aromatic heterocycles. The first-order valence-electron chi connectivity index (χ1n) is 8.64. The Morgan fingerprint density at radius 1 is 0.857 bits per heavy atom. The van der Waals surface area contributed by atoms with Crippen LogP contribution in [0.1, 0.15) is 11.1 Å². The summed E-state index contributed by atoms with van der Waals surface area (Å²) in [5.74, 6) is -0.283. The largest absolute Gasteiger partial charge is 0.457 e. The molecule has 0 aliphatic carbocycles. The van der Waals surface area contributed by atoms with Crippen molar-refractivity contribution in [3.05, 3.63) is 90.0 Å². The minimum Gasteiger partial charge on any atom is -0.457 e. The van der Waals surface area contributed by atoms with E-state index in [9.17, 15) is 9.59 Å². The Hall–Kier alpha value is -3.93. The van der Waals surface area contributed by atoms with E-state index in [-0.39, 0.29) is 0 Å². The summed E-state index contributed by atoms with van der Waals surface area (Å²) in [4.78, 5) is 23.8. The van der Waals surface area contributed by atoms with Gasteiger partial charge in [-0.2, -0.15) is 5.10 Å². The van der Waals surface area contributed by atoms with Gasteiger partial charge in [0, 0.05) is 5.69 Å². The molecule has 6 heteroatoms. The van der Waals surface area contributed by atoms with Crippen LogP contribution in [0, 0.1) is 6.92 Å². The molecule has 0 saturated heterocycles. The van der Waals surface area contributed by atoms with Crippen LogP contribution in [0.2, 0.25) is 0 Å². The molecular weight excluding hydrogens is 354 g/mol. The standard InChI is InChI=1S/C22H19N3O3/c1-16-7-5-9-18(13-16)24-21(26)22(27)25-23-15-17-8-6-12-20(14-17)28-19-10-3-2-4-11-19/h2-15H,1H3,(H,24,26)(H,25,27). The minimum absolute atomic E-state index is 0.551. The van der Waals surface area contributed by atoms with Gasteiger partial charge in [-0.15, -0.1) is 0 Å². The minimum atomic E-state index is -0.852. The maximum Gasteiger partial charge on any atom is 0.329 e. The number of hydrogen-bond acceptors (Lipinski definition) is 4. The first-order valence-corrected chi connectivity index (χ1v) is 8.64. The van der Waals surface area contributed by atoms with Gasteiger partial charge >= 0.3 is 11.8 Å². The van der Waals surface area contributed by atoms with Gasteiger partial charge in [-0.25, -0.2) is 5.43 Å². The van der Waals surface area contributed by atoms with Crippen molar-refractivity contribution < 1.29 is 14.3 Å². The number of rotatable bonds is 5. The number of carbonyl (C=O) groups is 2. The topological polar surface area (TPSA) is 79.8 Å². The van der Waals surface area contributed by atoms with E-state index in [0.717, 1.165) is 11.3 Å². The second-order valence-corrected chi connectivity index (χ2v) is 6.01. The molecule has 28 heavy (non-hydrogen) atoms. The van der Waals surface area contributed by atoms with E-state index in [0.29, 0.717) is 17.0 Å². The third-order valence-electron chi connectivity index (χ3n) is 3.70. The number of hydrazone groups is 1. The van der Waals surface area contributed by atoms with Crippen LogP contribution in [0.5, 0.6) is 11.5 Å². The molecule has 0 radical (unpaired) electrons. The third kappa shape index (κ3) is 5.54. The zero-order valence-electron chi connectivity index (χ0n) is 15.3. The van der Waals surface area contributed by atoms with Crippen LogP contribution in [0.4, 0.5) is 5.69 Å². The predicted octanol–water partition coefficient (Wildman–Crippen LogP) is 3.88. The summed E-state index contributed by atoms with van der Waals surface area (Å²) in [6, 6.07) is 23.8. The Morgan fingerprint density at radius 2 is 1.61 bits per heavy atom. The molecule has 2 amide bonds. The highest BCUT2D eigenvalue weighted by Crippen LogP contribution is 2.21. The number of hydrogen-bond donors (Lipinski definition) is 2. The number of para-hydroxylation sites is 1. The van der Waals surface area contributed by atoms with Crippen molar-refractivity contribution in [2.45, 2.75) is 6.92 Å². The first-order chi connectivity index (χ1) is 13.6. The fourth-order valence-electron chi connectivity index (χ4n) is 2.41. The smallest absolute Gasteiger partial charge is 0.329 e. The SMILES string of the molecule is Cc1cccc(NC(=O)C(=O)NN=Cc2cccc(Oc3ccccc3)c2)c1. The summed E-state index contributed by atoms with van der Waals surface area (Å²) in [6.07, 6.45) is 1.44. The Labute approximate surface area is 162 Å². The predicted molar refractivity (Wildman–Crippen MR) is 109 cm³/mol. The van der Waals surface area contributed by atoms with Gasteiger partial charge in [0.05, 0.1) is 6.21 Å². The third-order valence-corrected chi connectivity index (χ3v) is 3.70. The van der Waals surface area contributed by atoms with Gasteiger partial charge in [-0.1, -0.05) is 42.5 Å². The van der Waals surface area contributed by atoms with Crippen LogP contribution in [0.3, 0.4) is 0 Å². The Morgan fingerprint density at radius 3 is 2.39 bits per heavy atom. The molecule has 0 fully saturated rings. The van der Waals surface area contributed by atoms with Gasteiger partial charge in [-0.3, -0.25) is 9.59 Å². The van der Waals surface area contributed by atoms with Crippen molar-refractivity contribution in [3.63, 3.8) is 0 Å². The number of amides is 2. The van der Waals surface area contributed by atoms with Gasteiger partial charge in [-0.05, 0) is 54.4 Å². The normalized spacial score (nSPS) is 10.5. The Kier molecular flexibility index (Phi) is 6.15. The number of aryl methyl sites for hydroxylation is 1. The lowest BCUT2D eigenvalue weighted by Crippen LogP contribution is -2.32. The first kappa shape index (κ1) is 18.8. The molecule has 2 N–H and O–H groups in total. The zero-order valence-corrected chi connectivity index (χ0v) is 15.3. The maximum absolute atomic E-state index is 11.9. The van der Waals surface area contributed by atoms with Gasteiger partial charge in [0.1, 0.15) is 11.5 Å². The molecule has 0 aliphatic rings. The van der Waals surface area contributed by atoms with E-state index < -0.39 is 11.8 Å². The molecule has 140 valence electrons. The fourth-order valence-corrected chi connectivity index (χ4v) is 2.41. The van der Waals surface area contributed by atoms with Crippen molar-refractivity contribution in [2.75, 3.05) is 5.32 Å². The van der Waals surface area contributed by atoms with E-state index in [1.54, 1.807) is 30.3 Å². The molecule has 0 aliphatic heterocycles. The molecule has 0 heterocycles. The van der Waals surface area contributed by atoms with Crippen molar-refractivity contribution in [3.8, 4) is 11.5 Å². The number of carbonyl (C=O) groups excluding carboxylic acids is 2. The van der Waals surface area contributed by atoms with Gasteiger partial charge in [0.25, 0.3) is 0 Å². The highest BCUT2D eigenvalue weighted by molar-refractivity contribution is 6.39. The van der Waals surface area contributed by atoms with Crippen LogP contribution in [-0.4, -0.2) is 18.0 Å². The average Bonchev–Trinajstić information content (AvgIpc) is 2.69. The summed E-state index contributed by atoms with van der Waals surface area (Å²) in [6.45, 7) is 1.90. The molecule has 3 rings (SSSR count). The second kappa shape index (κ2) is 9.14. The molecular formula is C22H19N3O3. The lowest BCUT2D eigenvalue weighted by Gasteiger charge is -2.06. The fraction of sp³-hybridized carbons (Fsp3) is 0.0455. The van der Waals surface area contributed by atoms with Gasteiger partial charge in [0.2, 0.25) is 0 Å². The molecule has 6 nitrogen and oxygen atoms in total. The summed E-state index contributed by atoms with van der Waals surface area (Å²) >= 11 is 0. The number of anilines is 1. The van der Waals surface area contributed by atoms with Gasteiger partial charge in [0.15, 0.2) is 0 Å². The highest BCUT2D eigenvalue weighted by Gasteiger charge is 2.12. The molecule has 3 aromatic carbocycles. The molecule has 0 unspecified atom stereocenters. The van der Waals surface area contributed by atoms with Crippen molar-refractivity contribution in [1.29, 1.82) is 0 Å². The maximum atomic E-state index is 11.9. The zero-order chi connectivity index (χ0) is 19.8. The van der Waals surface area contributed by atoms with E-state index in [1.807, 2.05) is 55.5 Å². The van der Waals surface area contributed by atoms with E-state index in [2.05, 4.69) is 15.8 Å². The summed E-state index contributed by atoms with van der Waals surface area (Å²) < 4.78 is 5.75. The molecule has 0 saturated carbocycles. The molecule has 3 aromatic rings. The second-order valence-electron chi connectivity index (χ2n) is 6.01. The van der Waals surface area contributed by atoms with E-state index in [1.165, 1.54) is 6.21 Å². The highest BCUT2D eigenvalue weighted by atomic mass is 16.5. The number of ether oxygens (including phenoxy) is 1. The van der Waals surface area contributed by atoms with Gasteiger partial charge < -0.3 is 10.1 Å². The van der Waals surface area contributed by atoms with E-state index in [4.69, 9.17) is 4.74 Å². The summed E-state index contributed by atoms with van der Waals surface area (Å²) in [5, 5.41) is 6.35. The van der Waals surface area contributed by atoms with Crippen molar-refractivity contribution >= 4 is 23.7 Å². The van der Waals surface area contributed by atoms with Crippen LogP contribution in [-0.2, 0) is 9.59 Å². The monoisotopic (exact) mass is 373 g/mol. The van der Waals surface area contributed by atoms with Crippen LogP contribution < -0.4 is 15.5 Å². The number of nitrogens with zero attached hydrogens (tertiary/aromatic N) is 1. The molecule has 0 spiro atoms. The molecule has 0 bridgehead atoms. The van der Waals surface area contributed by atoms with Crippen molar-refractivity contribution in [1.82, 2.24) is 5.43 Å². The lowest BCUT2D eigenvalue weighted by atomic mass is 10.2. The van der Waals surface area contributed by atoms with Crippen molar-refractivity contribution in [2.24, 2.45) is 5.10 Å². The number of benzene rings is 3. The number of nitrogens with one attached hydrogen (secondary N) is 2. The quantitative estimate of drug-likeness (QED) is 0.405. The molecule has 0 atom stereocenters. The Bertz CT molecular complexity index is 1000. The summed E-state index contributed by atoms with van der Waals surface area (Å²) in [7, 11) is 0. The van der Waals surface area contributed by atoms with Crippen LogP contribution >= 0.6 is 0 Å². The lowest BCUT2D eigenvalue weighted by molar-refractivity contribution is -0.136. The van der Waals surface area contributed by atoms with Crippen LogP contribution in [0.25, 0.3) is 0 Å². The van der Waals surface area contributed by atoms with E-state index >= 15 is 0 Å². The Balaban J connectivity index is 1.55.